The number of carbonyl (C=O) groups excluding carboxylic acids is 2. The van der Waals surface area contributed by atoms with Crippen LogP contribution in [0.5, 0.6) is 0 Å². The van der Waals surface area contributed by atoms with Crippen LogP contribution in [-0.2, 0) is 15.1 Å². The highest BCUT2D eigenvalue weighted by Gasteiger charge is 2.54. The molecule has 0 spiro atoms. The molecule has 2 aromatic carbocycles. The van der Waals surface area contributed by atoms with Gasteiger partial charge in [0.15, 0.2) is 5.54 Å². The van der Waals surface area contributed by atoms with Crippen LogP contribution in [0.3, 0.4) is 0 Å². The molecule has 1 saturated heterocycles. The average Bonchev–Trinajstić information content (AvgIpc) is 3.48. The number of hydrogen-bond acceptors (Lipinski definition) is 6. The van der Waals surface area contributed by atoms with Gasteiger partial charge in [0, 0.05) is 35.9 Å². The number of alkyl carbamates (subject to hydrolysis) is 1. The van der Waals surface area contributed by atoms with Crippen LogP contribution in [0, 0.1) is 13.8 Å². The van der Waals surface area contributed by atoms with Crippen LogP contribution >= 0.6 is 0 Å². The van der Waals surface area contributed by atoms with E-state index >= 15 is 0 Å². The minimum atomic E-state index is -1.03. The van der Waals surface area contributed by atoms with Crippen LogP contribution in [0.1, 0.15) is 49.8 Å². The van der Waals surface area contributed by atoms with Crippen molar-refractivity contribution < 1.29 is 18.8 Å². The van der Waals surface area contributed by atoms with Crippen molar-refractivity contribution in [1.82, 2.24) is 15.4 Å². The first kappa shape index (κ1) is 24.1. The number of amides is 2. The summed E-state index contributed by atoms with van der Waals surface area (Å²) in [4.78, 5) is 28.5. The maximum absolute atomic E-state index is 13.9. The molecule has 3 heterocycles. The van der Waals surface area contributed by atoms with Crippen molar-refractivity contribution in [2.24, 2.45) is 0 Å². The van der Waals surface area contributed by atoms with Crippen molar-refractivity contribution in [2.45, 2.75) is 58.2 Å². The molecular formula is C28H32N4O4. The zero-order chi connectivity index (χ0) is 25.7. The highest BCUT2D eigenvalue weighted by Crippen LogP contribution is 2.48. The zero-order valence-electron chi connectivity index (χ0n) is 21.3. The summed E-state index contributed by atoms with van der Waals surface area (Å²) in [5, 5.41) is 10.2. The van der Waals surface area contributed by atoms with Gasteiger partial charge in [-0.1, -0.05) is 41.6 Å². The van der Waals surface area contributed by atoms with Gasteiger partial charge in [-0.25, -0.2) is 4.79 Å². The summed E-state index contributed by atoms with van der Waals surface area (Å²) in [6.45, 7) is 10.5. The van der Waals surface area contributed by atoms with Crippen molar-refractivity contribution in [3.8, 4) is 11.1 Å². The van der Waals surface area contributed by atoms with Crippen LogP contribution in [0.4, 0.5) is 10.5 Å². The Morgan fingerprint density at radius 2 is 1.94 bits per heavy atom. The molecule has 2 atom stereocenters. The molecule has 1 aromatic heterocycles. The number of aromatic nitrogens is 1. The van der Waals surface area contributed by atoms with Gasteiger partial charge in [0.05, 0.1) is 5.69 Å². The Kier molecular flexibility index (Phi) is 5.87. The predicted octanol–water partition coefficient (Wildman–Crippen LogP) is 4.75. The monoisotopic (exact) mass is 488 g/mol. The Bertz CT molecular complexity index is 1290. The van der Waals surface area contributed by atoms with Gasteiger partial charge >= 0.3 is 6.09 Å². The standard InChI is InChI=1S/C28H32N4O4/c1-17-24(18(2)36-31-17)19-11-12-23-22(15-19)28(25(33)30-23,20-9-7-6-8-10-20)32-14-13-21(16-32)29-26(34)35-27(3,4)5/h6-12,15,21H,13-14,16H2,1-5H3,(H,29,34)(H,30,33). The molecule has 0 aliphatic carbocycles. The molecule has 0 radical (unpaired) electrons. The minimum absolute atomic E-state index is 0.0995. The Balaban J connectivity index is 1.56. The predicted molar refractivity (Wildman–Crippen MR) is 137 cm³/mol. The fourth-order valence-electron chi connectivity index (χ4n) is 5.46. The first-order valence-corrected chi connectivity index (χ1v) is 12.3. The number of anilines is 1. The fourth-order valence-corrected chi connectivity index (χ4v) is 5.46. The summed E-state index contributed by atoms with van der Waals surface area (Å²) in [5.74, 6) is 0.635. The lowest BCUT2D eigenvalue weighted by Gasteiger charge is -2.38. The van der Waals surface area contributed by atoms with Crippen molar-refractivity contribution in [3.05, 3.63) is 71.1 Å². The van der Waals surface area contributed by atoms with Gasteiger partial charge in [-0.15, -0.1) is 0 Å². The molecule has 2 unspecified atom stereocenters. The minimum Gasteiger partial charge on any atom is -0.444 e. The molecule has 188 valence electrons. The quantitative estimate of drug-likeness (QED) is 0.550. The maximum atomic E-state index is 13.9. The molecule has 36 heavy (non-hydrogen) atoms. The van der Waals surface area contributed by atoms with Gasteiger partial charge < -0.3 is 19.9 Å². The summed E-state index contributed by atoms with van der Waals surface area (Å²) < 4.78 is 10.9. The van der Waals surface area contributed by atoms with E-state index in [2.05, 4.69) is 26.8 Å². The summed E-state index contributed by atoms with van der Waals surface area (Å²) >= 11 is 0. The molecule has 3 aromatic rings. The number of nitrogens with zero attached hydrogens (tertiary/aromatic N) is 2. The second-order valence-corrected chi connectivity index (χ2v) is 10.6. The third kappa shape index (κ3) is 4.05. The van der Waals surface area contributed by atoms with Gasteiger partial charge in [-0.3, -0.25) is 9.69 Å². The second kappa shape index (κ2) is 8.78. The average molecular weight is 489 g/mol. The van der Waals surface area contributed by atoms with Crippen molar-refractivity contribution in [3.63, 3.8) is 0 Å². The molecule has 8 nitrogen and oxygen atoms in total. The molecule has 1 fully saturated rings. The number of nitrogens with one attached hydrogen (secondary N) is 2. The molecule has 5 rings (SSSR count). The Morgan fingerprint density at radius 3 is 2.61 bits per heavy atom. The highest BCUT2D eigenvalue weighted by atomic mass is 16.6. The SMILES string of the molecule is Cc1noc(C)c1-c1ccc2c(c1)C(c1ccccc1)(N1CCC(NC(=O)OC(C)(C)C)C1)C(=O)N2. The summed E-state index contributed by atoms with van der Waals surface area (Å²) in [6.07, 6.45) is 0.264. The Morgan fingerprint density at radius 1 is 1.19 bits per heavy atom. The van der Waals surface area contributed by atoms with E-state index in [0.29, 0.717) is 19.5 Å². The van der Waals surface area contributed by atoms with Crippen LogP contribution in [0.25, 0.3) is 11.1 Å². The largest absolute Gasteiger partial charge is 0.444 e. The topological polar surface area (TPSA) is 96.7 Å². The van der Waals surface area contributed by atoms with Crippen LogP contribution in [0.15, 0.2) is 53.1 Å². The molecule has 2 amide bonds. The number of aryl methyl sites for hydroxylation is 2. The highest BCUT2D eigenvalue weighted by molar-refractivity contribution is 6.09. The molecule has 0 bridgehead atoms. The summed E-state index contributed by atoms with van der Waals surface area (Å²) in [5.41, 5.74) is 3.63. The normalized spacial score (nSPS) is 21.8. The summed E-state index contributed by atoms with van der Waals surface area (Å²) in [6, 6.07) is 15.7. The number of rotatable bonds is 4. The number of benzene rings is 2. The fraction of sp³-hybridized carbons (Fsp3) is 0.393. The zero-order valence-corrected chi connectivity index (χ0v) is 21.3. The van der Waals surface area contributed by atoms with E-state index < -0.39 is 17.2 Å². The lowest BCUT2D eigenvalue weighted by atomic mass is 9.81. The Labute approximate surface area is 211 Å². The van der Waals surface area contributed by atoms with E-state index in [1.807, 2.05) is 77.1 Å². The number of likely N-dealkylation sites (tertiary alicyclic amines) is 1. The van der Waals surface area contributed by atoms with Gasteiger partial charge in [-0.05, 0) is 64.3 Å². The van der Waals surface area contributed by atoms with E-state index in [9.17, 15) is 9.59 Å². The Hall–Kier alpha value is -3.65. The number of ether oxygens (including phenoxy) is 1. The van der Waals surface area contributed by atoms with Gasteiger partial charge in [0.2, 0.25) is 0 Å². The van der Waals surface area contributed by atoms with Gasteiger partial charge in [0.25, 0.3) is 5.91 Å². The molecular weight excluding hydrogens is 456 g/mol. The van der Waals surface area contributed by atoms with E-state index in [-0.39, 0.29) is 11.9 Å². The first-order valence-electron chi connectivity index (χ1n) is 12.3. The van der Waals surface area contributed by atoms with E-state index in [1.54, 1.807) is 0 Å². The van der Waals surface area contributed by atoms with Gasteiger partial charge in [0.1, 0.15) is 11.4 Å². The van der Waals surface area contributed by atoms with Crippen LogP contribution in [-0.4, -0.2) is 46.8 Å². The lowest BCUT2D eigenvalue weighted by molar-refractivity contribution is -0.124. The first-order chi connectivity index (χ1) is 17.1. The molecule has 0 saturated carbocycles. The number of hydrogen-bond donors (Lipinski definition) is 2. The number of carbonyl (C=O) groups is 2. The molecule has 2 aliphatic rings. The van der Waals surface area contributed by atoms with Gasteiger partial charge in [-0.2, -0.15) is 0 Å². The van der Waals surface area contributed by atoms with Crippen LogP contribution < -0.4 is 10.6 Å². The molecule has 2 aliphatic heterocycles. The van der Waals surface area contributed by atoms with Crippen molar-refractivity contribution in [2.75, 3.05) is 18.4 Å². The summed E-state index contributed by atoms with van der Waals surface area (Å²) in [7, 11) is 0. The second-order valence-electron chi connectivity index (χ2n) is 10.6. The third-order valence-corrected chi connectivity index (χ3v) is 6.88. The van der Waals surface area contributed by atoms with Crippen molar-refractivity contribution >= 4 is 17.7 Å². The molecule has 2 N–H and O–H groups in total. The maximum Gasteiger partial charge on any atom is 0.407 e. The van der Waals surface area contributed by atoms with Crippen molar-refractivity contribution in [1.29, 1.82) is 0 Å². The van der Waals surface area contributed by atoms with E-state index in [4.69, 9.17) is 9.26 Å². The van der Waals surface area contributed by atoms with Crippen LogP contribution in [0.2, 0.25) is 0 Å². The lowest BCUT2D eigenvalue weighted by Crippen LogP contribution is -2.52. The smallest absolute Gasteiger partial charge is 0.407 e. The third-order valence-electron chi connectivity index (χ3n) is 6.88. The van der Waals surface area contributed by atoms with E-state index in [1.165, 1.54) is 0 Å². The number of fused-ring (bicyclic) bond motifs is 1. The van der Waals surface area contributed by atoms with E-state index in [0.717, 1.165) is 39.4 Å². The molecule has 8 heteroatoms.